The van der Waals surface area contributed by atoms with E-state index in [0.717, 1.165) is 38.2 Å². The Morgan fingerprint density at radius 2 is 1.75 bits per heavy atom. The number of hydrogen-bond donors (Lipinski definition) is 3. The highest BCUT2D eigenvalue weighted by atomic mass is 16.3. The van der Waals surface area contributed by atoms with Crippen molar-refractivity contribution in [2.45, 2.75) is 77.5 Å². The zero-order valence-corrected chi connectivity index (χ0v) is 15.6. The zero-order chi connectivity index (χ0) is 17.6. The van der Waals surface area contributed by atoms with Gasteiger partial charge in [0.2, 0.25) is 0 Å². The van der Waals surface area contributed by atoms with Gasteiger partial charge in [-0.25, -0.2) is 4.99 Å². The number of aliphatic imine (C=N–C) groups is 1. The fraction of sp³-hybridized carbons (Fsp3) is 0.650. The number of aliphatic hydroxyl groups is 1. The van der Waals surface area contributed by atoms with Gasteiger partial charge >= 0.3 is 0 Å². The molecule has 24 heavy (non-hydrogen) atoms. The van der Waals surface area contributed by atoms with Gasteiger partial charge in [0.25, 0.3) is 0 Å². The summed E-state index contributed by atoms with van der Waals surface area (Å²) in [6.07, 6.45) is 3.65. The molecule has 0 aliphatic heterocycles. The molecule has 1 saturated carbocycles. The minimum atomic E-state index is -0.121. The molecule has 1 aliphatic rings. The number of rotatable bonds is 4. The maximum atomic E-state index is 9.62. The first-order valence-electron chi connectivity index (χ1n) is 9.21. The van der Waals surface area contributed by atoms with E-state index >= 15 is 0 Å². The summed E-state index contributed by atoms with van der Waals surface area (Å²) in [5.41, 5.74) is 2.75. The quantitative estimate of drug-likeness (QED) is 0.586. The Balaban J connectivity index is 1.95. The number of nitrogens with one attached hydrogen (secondary N) is 2. The van der Waals surface area contributed by atoms with E-state index in [4.69, 9.17) is 4.99 Å². The Morgan fingerprint density at radius 1 is 1.12 bits per heavy atom. The summed E-state index contributed by atoms with van der Waals surface area (Å²) in [6.45, 7) is 10.3. The van der Waals surface area contributed by atoms with Gasteiger partial charge in [0.05, 0.1) is 12.6 Å². The van der Waals surface area contributed by atoms with Crippen LogP contribution in [0.5, 0.6) is 0 Å². The number of guanidine groups is 1. The Hall–Kier alpha value is -1.55. The van der Waals surface area contributed by atoms with Crippen LogP contribution in [0.2, 0.25) is 0 Å². The minimum Gasteiger partial charge on any atom is -0.393 e. The van der Waals surface area contributed by atoms with Crippen molar-refractivity contribution < 1.29 is 5.11 Å². The van der Waals surface area contributed by atoms with Crippen LogP contribution in [-0.2, 0) is 12.0 Å². The Kier molecular flexibility index (Phi) is 6.67. The molecule has 134 valence electrons. The van der Waals surface area contributed by atoms with Crippen LogP contribution in [0.1, 0.15) is 64.5 Å². The first kappa shape index (κ1) is 18.8. The molecule has 0 spiro atoms. The average molecular weight is 332 g/mol. The average Bonchev–Trinajstić information content (AvgIpc) is 2.54. The van der Waals surface area contributed by atoms with E-state index in [9.17, 15) is 5.11 Å². The maximum Gasteiger partial charge on any atom is 0.191 e. The van der Waals surface area contributed by atoms with Crippen molar-refractivity contribution in [2.24, 2.45) is 4.99 Å². The molecule has 1 aromatic rings. The van der Waals surface area contributed by atoms with E-state index in [1.165, 1.54) is 11.1 Å². The smallest absolute Gasteiger partial charge is 0.191 e. The lowest BCUT2D eigenvalue weighted by molar-refractivity contribution is 0.120. The van der Waals surface area contributed by atoms with Crippen molar-refractivity contribution in [2.75, 3.05) is 6.54 Å². The second-order valence-corrected chi connectivity index (χ2v) is 7.79. The molecule has 3 N–H and O–H groups in total. The lowest BCUT2D eigenvalue weighted by Crippen LogP contribution is -2.45. The monoisotopic (exact) mass is 331 g/mol. The second-order valence-electron chi connectivity index (χ2n) is 7.79. The van der Waals surface area contributed by atoms with Gasteiger partial charge in [-0.1, -0.05) is 45.0 Å². The highest BCUT2D eigenvalue weighted by molar-refractivity contribution is 5.80. The van der Waals surface area contributed by atoms with E-state index in [2.05, 4.69) is 62.6 Å². The fourth-order valence-electron chi connectivity index (χ4n) is 3.01. The van der Waals surface area contributed by atoms with Crippen LogP contribution >= 0.6 is 0 Å². The third kappa shape index (κ3) is 5.82. The largest absolute Gasteiger partial charge is 0.393 e. The van der Waals surface area contributed by atoms with Gasteiger partial charge < -0.3 is 15.7 Å². The van der Waals surface area contributed by atoms with Crippen molar-refractivity contribution in [3.05, 3.63) is 35.4 Å². The lowest BCUT2D eigenvalue weighted by atomic mass is 9.87. The number of aliphatic hydroxyl groups excluding tert-OH is 1. The normalized spacial score (nSPS) is 22.3. The van der Waals surface area contributed by atoms with Crippen LogP contribution in [-0.4, -0.2) is 29.8 Å². The minimum absolute atomic E-state index is 0.121. The molecule has 1 fully saturated rings. The van der Waals surface area contributed by atoms with Gasteiger partial charge in [-0.05, 0) is 49.1 Å². The van der Waals surface area contributed by atoms with Crippen LogP contribution in [0.15, 0.2) is 29.3 Å². The SMILES string of the molecule is CCNC(=NCc1ccc(C(C)(C)C)cc1)NC1CCC(O)CC1. The molecular weight excluding hydrogens is 298 g/mol. The molecule has 0 heterocycles. The van der Waals surface area contributed by atoms with Crippen LogP contribution in [0, 0.1) is 0 Å². The predicted octanol–water partition coefficient (Wildman–Crippen LogP) is 3.34. The summed E-state index contributed by atoms with van der Waals surface area (Å²) < 4.78 is 0. The fourth-order valence-corrected chi connectivity index (χ4v) is 3.01. The molecule has 0 bridgehead atoms. The van der Waals surface area contributed by atoms with Crippen molar-refractivity contribution in [1.82, 2.24) is 10.6 Å². The molecule has 0 unspecified atom stereocenters. The van der Waals surface area contributed by atoms with Crippen molar-refractivity contribution >= 4 is 5.96 Å². The maximum absolute atomic E-state index is 9.62. The van der Waals surface area contributed by atoms with Gasteiger partial charge in [-0.3, -0.25) is 0 Å². The van der Waals surface area contributed by atoms with E-state index in [-0.39, 0.29) is 11.5 Å². The molecule has 1 aliphatic carbocycles. The number of hydrogen-bond acceptors (Lipinski definition) is 2. The van der Waals surface area contributed by atoms with Crippen LogP contribution in [0.3, 0.4) is 0 Å². The molecule has 1 aromatic carbocycles. The zero-order valence-electron chi connectivity index (χ0n) is 15.6. The van der Waals surface area contributed by atoms with Gasteiger partial charge in [-0.2, -0.15) is 0 Å². The molecular formula is C20H33N3O. The molecule has 0 amide bonds. The lowest BCUT2D eigenvalue weighted by Gasteiger charge is -2.27. The second kappa shape index (κ2) is 8.52. The first-order chi connectivity index (χ1) is 11.4. The molecule has 0 radical (unpaired) electrons. The Bertz CT molecular complexity index is 523. The van der Waals surface area contributed by atoms with Gasteiger partial charge in [-0.15, -0.1) is 0 Å². The van der Waals surface area contributed by atoms with E-state index in [0.29, 0.717) is 12.6 Å². The highest BCUT2D eigenvalue weighted by Crippen LogP contribution is 2.22. The van der Waals surface area contributed by atoms with E-state index < -0.39 is 0 Å². The van der Waals surface area contributed by atoms with Crippen LogP contribution in [0.25, 0.3) is 0 Å². The predicted molar refractivity (Wildman–Crippen MR) is 101 cm³/mol. The molecule has 2 rings (SSSR count). The number of nitrogens with zero attached hydrogens (tertiary/aromatic N) is 1. The molecule has 0 atom stereocenters. The summed E-state index contributed by atoms with van der Waals surface area (Å²) in [5, 5.41) is 16.5. The van der Waals surface area contributed by atoms with Crippen molar-refractivity contribution in [3.8, 4) is 0 Å². The summed E-state index contributed by atoms with van der Waals surface area (Å²) in [7, 11) is 0. The Labute approximate surface area is 146 Å². The summed E-state index contributed by atoms with van der Waals surface area (Å²) in [4.78, 5) is 4.72. The first-order valence-corrected chi connectivity index (χ1v) is 9.21. The number of benzene rings is 1. The van der Waals surface area contributed by atoms with Crippen molar-refractivity contribution in [1.29, 1.82) is 0 Å². The van der Waals surface area contributed by atoms with Gasteiger partial charge in [0, 0.05) is 12.6 Å². The molecule has 4 nitrogen and oxygen atoms in total. The highest BCUT2D eigenvalue weighted by Gasteiger charge is 2.20. The van der Waals surface area contributed by atoms with Crippen LogP contribution < -0.4 is 10.6 Å². The van der Waals surface area contributed by atoms with Crippen molar-refractivity contribution in [3.63, 3.8) is 0 Å². The summed E-state index contributed by atoms with van der Waals surface area (Å²) in [5.74, 6) is 0.874. The summed E-state index contributed by atoms with van der Waals surface area (Å²) in [6, 6.07) is 9.16. The Morgan fingerprint density at radius 3 is 2.29 bits per heavy atom. The van der Waals surface area contributed by atoms with Gasteiger partial charge in [0.15, 0.2) is 5.96 Å². The van der Waals surface area contributed by atoms with Crippen LogP contribution in [0.4, 0.5) is 0 Å². The third-order valence-corrected chi connectivity index (χ3v) is 4.62. The molecule has 4 heteroatoms. The topological polar surface area (TPSA) is 56.7 Å². The van der Waals surface area contributed by atoms with E-state index in [1.807, 2.05) is 0 Å². The molecule has 0 saturated heterocycles. The molecule has 0 aromatic heterocycles. The standard InChI is InChI=1S/C20H33N3O/c1-5-21-19(23-17-10-12-18(24)13-11-17)22-14-15-6-8-16(9-7-15)20(2,3)4/h6-9,17-18,24H,5,10-14H2,1-4H3,(H2,21,22,23). The van der Waals surface area contributed by atoms with Gasteiger partial charge in [0.1, 0.15) is 0 Å². The third-order valence-electron chi connectivity index (χ3n) is 4.62. The van der Waals surface area contributed by atoms with E-state index in [1.54, 1.807) is 0 Å². The summed E-state index contributed by atoms with van der Waals surface area (Å²) >= 11 is 0.